The smallest absolute Gasteiger partial charge is 0.156 e. The molecule has 0 aliphatic heterocycles. The van der Waals surface area contributed by atoms with Crippen molar-refractivity contribution in [2.45, 2.75) is 52.9 Å². The summed E-state index contributed by atoms with van der Waals surface area (Å²) in [6.07, 6.45) is 3.00. The van der Waals surface area contributed by atoms with Crippen LogP contribution in [0.1, 0.15) is 52.6 Å². The van der Waals surface area contributed by atoms with Crippen molar-refractivity contribution in [1.29, 1.82) is 0 Å². The van der Waals surface area contributed by atoms with Crippen LogP contribution in [0.15, 0.2) is 72.8 Å². The molecule has 4 rings (SSSR count). The number of halogens is 2. The molecule has 0 saturated heterocycles. The predicted octanol–water partition coefficient (Wildman–Crippen LogP) is 9.97. The molecular weight excluding hydrogens is 551 g/mol. The Hall–Kier alpha value is -2.98. The number of benzene rings is 4. The summed E-state index contributed by atoms with van der Waals surface area (Å²) in [7, 11) is 1.76. The summed E-state index contributed by atoms with van der Waals surface area (Å²) in [5.74, 6) is 1.70. The molecule has 1 unspecified atom stereocenters. The van der Waals surface area contributed by atoms with Gasteiger partial charge in [-0.3, -0.25) is 0 Å². The molecule has 0 saturated carbocycles. The van der Waals surface area contributed by atoms with Crippen molar-refractivity contribution >= 4 is 23.2 Å². The standard InChI is InChI=1S/C36H40Cl2O3/c1-24-20-33(37)36(34(38)21-24)41-19-18-40-31-14-11-28(12-15-31)22-26(3)32-16-13-30(23-27(32)4)35-25(2)8-6-9-29(35)10-7-17-39-5/h6,8-9,11-16,20-21,23,26H,7,10,17-19,22H2,1-5H3. The fourth-order valence-corrected chi connectivity index (χ4v) is 6.16. The number of rotatable bonds is 13. The van der Waals surface area contributed by atoms with E-state index in [1.165, 1.54) is 38.9 Å². The summed E-state index contributed by atoms with van der Waals surface area (Å²) in [5.41, 5.74) is 10.3. The van der Waals surface area contributed by atoms with Crippen LogP contribution in [0.2, 0.25) is 10.0 Å². The minimum atomic E-state index is 0.355. The van der Waals surface area contributed by atoms with Crippen molar-refractivity contribution in [3.8, 4) is 22.6 Å². The Morgan fingerprint density at radius 2 is 1.46 bits per heavy atom. The molecule has 0 heterocycles. The van der Waals surface area contributed by atoms with Crippen molar-refractivity contribution in [2.24, 2.45) is 0 Å². The van der Waals surface area contributed by atoms with E-state index in [1.54, 1.807) is 7.11 Å². The summed E-state index contributed by atoms with van der Waals surface area (Å²) in [4.78, 5) is 0. The Kier molecular flexibility index (Phi) is 11.2. The second-order valence-corrected chi connectivity index (χ2v) is 11.6. The molecule has 0 fully saturated rings. The van der Waals surface area contributed by atoms with Crippen LogP contribution >= 0.6 is 23.2 Å². The monoisotopic (exact) mass is 590 g/mol. The number of hydrogen-bond acceptors (Lipinski definition) is 3. The van der Waals surface area contributed by atoms with Crippen molar-refractivity contribution < 1.29 is 14.2 Å². The van der Waals surface area contributed by atoms with Gasteiger partial charge in [0.2, 0.25) is 0 Å². The predicted molar refractivity (Wildman–Crippen MR) is 172 cm³/mol. The van der Waals surface area contributed by atoms with E-state index in [2.05, 4.69) is 69.3 Å². The van der Waals surface area contributed by atoms with Gasteiger partial charge in [0.1, 0.15) is 19.0 Å². The van der Waals surface area contributed by atoms with Crippen molar-refractivity contribution in [2.75, 3.05) is 26.9 Å². The molecule has 0 spiro atoms. The maximum absolute atomic E-state index is 6.26. The largest absolute Gasteiger partial charge is 0.490 e. The number of ether oxygens (including phenoxy) is 3. The third kappa shape index (κ3) is 8.29. The summed E-state index contributed by atoms with van der Waals surface area (Å²) in [6.45, 7) is 10.2. The molecule has 0 aliphatic rings. The molecule has 216 valence electrons. The minimum Gasteiger partial charge on any atom is -0.490 e. The highest BCUT2D eigenvalue weighted by Crippen LogP contribution is 2.35. The zero-order chi connectivity index (χ0) is 29.4. The second kappa shape index (κ2) is 14.8. The maximum Gasteiger partial charge on any atom is 0.156 e. The molecule has 0 N–H and O–H groups in total. The van der Waals surface area contributed by atoms with Crippen LogP contribution < -0.4 is 9.47 Å². The van der Waals surface area contributed by atoms with Crippen LogP contribution in [0.25, 0.3) is 11.1 Å². The van der Waals surface area contributed by atoms with Gasteiger partial charge in [-0.1, -0.05) is 78.7 Å². The van der Waals surface area contributed by atoms with Crippen molar-refractivity contribution in [1.82, 2.24) is 0 Å². The van der Waals surface area contributed by atoms with E-state index in [0.717, 1.165) is 37.2 Å². The maximum atomic E-state index is 6.26. The van der Waals surface area contributed by atoms with E-state index >= 15 is 0 Å². The molecule has 0 bridgehead atoms. The third-order valence-corrected chi connectivity index (χ3v) is 8.01. The molecule has 0 amide bonds. The van der Waals surface area contributed by atoms with Crippen LogP contribution in [-0.2, 0) is 17.6 Å². The van der Waals surface area contributed by atoms with Gasteiger partial charge in [-0.05, 0) is 115 Å². The van der Waals surface area contributed by atoms with Gasteiger partial charge in [0.05, 0.1) is 10.0 Å². The zero-order valence-electron chi connectivity index (χ0n) is 24.7. The van der Waals surface area contributed by atoms with E-state index in [-0.39, 0.29) is 0 Å². The van der Waals surface area contributed by atoms with Gasteiger partial charge in [0.15, 0.2) is 5.75 Å². The van der Waals surface area contributed by atoms with Gasteiger partial charge in [-0.15, -0.1) is 0 Å². The van der Waals surface area contributed by atoms with Crippen LogP contribution in [-0.4, -0.2) is 26.9 Å². The number of aryl methyl sites for hydroxylation is 4. The lowest BCUT2D eigenvalue weighted by Crippen LogP contribution is -2.09. The van der Waals surface area contributed by atoms with Crippen LogP contribution in [0.3, 0.4) is 0 Å². The molecule has 3 nitrogen and oxygen atoms in total. The Balaban J connectivity index is 1.34. The SMILES string of the molecule is COCCCc1cccc(C)c1-c1ccc(C(C)Cc2ccc(OCCOc3c(Cl)cc(C)cc3Cl)cc2)c(C)c1. The normalized spacial score (nSPS) is 11.9. The van der Waals surface area contributed by atoms with E-state index in [0.29, 0.717) is 34.9 Å². The molecule has 4 aromatic carbocycles. The molecule has 41 heavy (non-hydrogen) atoms. The van der Waals surface area contributed by atoms with Crippen LogP contribution in [0.5, 0.6) is 11.5 Å². The van der Waals surface area contributed by atoms with Crippen molar-refractivity contribution in [3.05, 3.63) is 116 Å². The highest BCUT2D eigenvalue weighted by molar-refractivity contribution is 6.37. The average molecular weight is 592 g/mol. The van der Waals surface area contributed by atoms with Gasteiger partial charge in [-0.25, -0.2) is 0 Å². The Morgan fingerprint density at radius 1 is 0.756 bits per heavy atom. The highest BCUT2D eigenvalue weighted by Gasteiger charge is 2.14. The molecule has 0 radical (unpaired) electrons. The van der Waals surface area contributed by atoms with Crippen LogP contribution in [0, 0.1) is 20.8 Å². The first-order valence-electron chi connectivity index (χ1n) is 14.2. The van der Waals surface area contributed by atoms with Crippen LogP contribution in [0.4, 0.5) is 0 Å². The first kappa shape index (κ1) is 31.0. The van der Waals surface area contributed by atoms with Gasteiger partial charge < -0.3 is 14.2 Å². The summed E-state index contributed by atoms with van der Waals surface area (Å²) in [6, 6.07) is 25.6. The lowest BCUT2D eigenvalue weighted by Gasteiger charge is -2.18. The van der Waals surface area contributed by atoms with Gasteiger partial charge in [0, 0.05) is 13.7 Å². The quantitative estimate of drug-likeness (QED) is 0.145. The van der Waals surface area contributed by atoms with Gasteiger partial charge in [-0.2, -0.15) is 0 Å². The first-order valence-corrected chi connectivity index (χ1v) is 15.0. The second-order valence-electron chi connectivity index (χ2n) is 10.8. The topological polar surface area (TPSA) is 27.7 Å². The number of methoxy groups -OCH3 is 1. The lowest BCUT2D eigenvalue weighted by atomic mass is 9.87. The highest BCUT2D eigenvalue weighted by atomic mass is 35.5. The third-order valence-electron chi connectivity index (χ3n) is 7.45. The molecule has 5 heteroatoms. The fraction of sp³-hybridized carbons (Fsp3) is 0.333. The van der Waals surface area contributed by atoms with Crippen molar-refractivity contribution in [3.63, 3.8) is 0 Å². The molecule has 4 aromatic rings. The van der Waals surface area contributed by atoms with E-state index < -0.39 is 0 Å². The minimum absolute atomic E-state index is 0.355. The average Bonchev–Trinajstić information content (AvgIpc) is 2.93. The molecular formula is C36H40Cl2O3. The Bertz CT molecular complexity index is 1420. The Labute approximate surface area is 255 Å². The van der Waals surface area contributed by atoms with E-state index in [1.807, 2.05) is 31.2 Å². The fourth-order valence-electron chi connectivity index (χ4n) is 5.45. The van der Waals surface area contributed by atoms with Gasteiger partial charge >= 0.3 is 0 Å². The lowest BCUT2D eigenvalue weighted by molar-refractivity contribution is 0.195. The summed E-state index contributed by atoms with van der Waals surface area (Å²) >= 11 is 12.5. The number of hydrogen-bond donors (Lipinski definition) is 0. The first-order chi connectivity index (χ1) is 19.8. The Morgan fingerprint density at radius 3 is 2.15 bits per heavy atom. The van der Waals surface area contributed by atoms with Gasteiger partial charge in [0.25, 0.3) is 0 Å². The molecule has 0 aromatic heterocycles. The summed E-state index contributed by atoms with van der Waals surface area (Å²) in [5, 5.41) is 1.02. The van der Waals surface area contributed by atoms with E-state index in [9.17, 15) is 0 Å². The summed E-state index contributed by atoms with van der Waals surface area (Å²) < 4.78 is 16.9. The van der Waals surface area contributed by atoms with E-state index in [4.69, 9.17) is 37.4 Å². The zero-order valence-corrected chi connectivity index (χ0v) is 26.2. The molecule has 0 aliphatic carbocycles. The molecule has 1 atom stereocenters.